The summed E-state index contributed by atoms with van der Waals surface area (Å²) >= 11 is 0. The van der Waals surface area contributed by atoms with E-state index < -0.39 is 5.97 Å². The first-order valence-electron chi connectivity index (χ1n) is 7.49. The monoisotopic (exact) mass is 308 g/mol. The molecule has 1 amide bonds. The predicted octanol–water partition coefficient (Wildman–Crippen LogP) is 2.42. The van der Waals surface area contributed by atoms with Gasteiger partial charge in [0.05, 0.1) is 0 Å². The molecular formula is C16H24N2O4. The van der Waals surface area contributed by atoms with Crippen LogP contribution in [0.25, 0.3) is 0 Å². The molecule has 22 heavy (non-hydrogen) atoms. The van der Waals surface area contributed by atoms with Crippen LogP contribution in [-0.2, 0) is 11.2 Å². The summed E-state index contributed by atoms with van der Waals surface area (Å²) in [6.07, 6.45) is 1.92. The van der Waals surface area contributed by atoms with E-state index in [2.05, 4.69) is 4.98 Å². The molecule has 0 aromatic carbocycles. The number of rotatable bonds is 8. The van der Waals surface area contributed by atoms with Gasteiger partial charge in [0, 0.05) is 31.3 Å². The lowest BCUT2D eigenvalue weighted by molar-refractivity contribution is -0.137. The highest BCUT2D eigenvalue weighted by molar-refractivity contribution is 6.02. The number of nitrogens with one attached hydrogen (secondary N) is 1. The molecule has 122 valence electrons. The van der Waals surface area contributed by atoms with Crippen LogP contribution in [-0.4, -0.2) is 46.2 Å². The van der Waals surface area contributed by atoms with Crippen molar-refractivity contribution in [2.75, 3.05) is 13.6 Å². The zero-order chi connectivity index (χ0) is 16.9. The summed E-state index contributed by atoms with van der Waals surface area (Å²) in [6, 6.07) is 0. The zero-order valence-electron chi connectivity index (χ0n) is 13.7. The molecule has 1 heterocycles. The molecule has 0 fully saturated rings. The van der Waals surface area contributed by atoms with Gasteiger partial charge in [0.15, 0.2) is 5.78 Å². The second kappa shape index (κ2) is 7.77. The fraction of sp³-hybridized carbons (Fsp3) is 0.562. The SMILES string of the molecule is CCCc1c(C(=O)N(C)CCCC(=O)O)[nH]c(C)c1C(C)=O. The summed E-state index contributed by atoms with van der Waals surface area (Å²) < 4.78 is 0. The molecule has 0 saturated carbocycles. The number of aromatic nitrogens is 1. The molecule has 1 aromatic rings. The molecule has 0 saturated heterocycles. The lowest BCUT2D eigenvalue weighted by atomic mass is 10.0. The van der Waals surface area contributed by atoms with Gasteiger partial charge in [0.2, 0.25) is 0 Å². The summed E-state index contributed by atoms with van der Waals surface area (Å²) in [5, 5.41) is 8.65. The van der Waals surface area contributed by atoms with Gasteiger partial charge >= 0.3 is 5.97 Å². The normalized spacial score (nSPS) is 10.5. The Bertz CT molecular complexity index is 575. The first kappa shape index (κ1) is 17.9. The van der Waals surface area contributed by atoms with Crippen molar-refractivity contribution >= 4 is 17.7 Å². The standard InChI is InChI=1S/C16H24N2O4/c1-5-7-12-14(11(3)19)10(2)17-15(12)16(22)18(4)9-6-8-13(20)21/h17H,5-9H2,1-4H3,(H,20,21). The molecule has 0 aliphatic rings. The number of Topliss-reactive ketones (excluding diaryl/α,β-unsaturated/α-hetero) is 1. The molecule has 1 aromatic heterocycles. The van der Waals surface area contributed by atoms with E-state index in [1.165, 1.54) is 11.8 Å². The molecule has 2 N–H and O–H groups in total. The molecule has 0 aliphatic carbocycles. The molecule has 0 spiro atoms. The third kappa shape index (κ3) is 4.19. The van der Waals surface area contributed by atoms with Gasteiger partial charge in [-0.05, 0) is 32.3 Å². The molecular weight excluding hydrogens is 284 g/mol. The minimum absolute atomic E-state index is 0.0296. The second-order valence-electron chi connectivity index (χ2n) is 5.51. The van der Waals surface area contributed by atoms with Gasteiger partial charge in [-0.25, -0.2) is 0 Å². The van der Waals surface area contributed by atoms with E-state index in [1.54, 1.807) is 14.0 Å². The van der Waals surface area contributed by atoms with Crippen molar-refractivity contribution in [1.82, 2.24) is 9.88 Å². The van der Waals surface area contributed by atoms with Crippen LogP contribution >= 0.6 is 0 Å². The highest BCUT2D eigenvalue weighted by Crippen LogP contribution is 2.22. The minimum Gasteiger partial charge on any atom is -0.481 e. The van der Waals surface area contributed by atoms with Gasteiger partial charge in [-0.1, -0.05) is 13.3 Å². The second-order valence-corrected chi connectivity index (χ2v) is 5.51. The van der Waals surface area contributed by atoms with Gasteiger partial charge in [0.25, 0.3) is 5.91 Å². The average molecular weight is 308 g/mol. The summed E-state index contributed by atoms with van der Waals surface area (Å²) in [6.45, 7) is 5.65. The number of carboxylic acid groups (broad SMARTS) is 1. The van der Waals surface area contributed by atoms with E-state index in [0.29, 0.717) is 36.3 Å². The Morgan fingerprint density at radius 1 is 1.27 bits per heavy atom. The number of hydrogen-bond donors (Lipinski definition) is 2. The van der Waals surface area contributed by atoms with Crippen molar-refractivity contribution < 1.29 is 19.5 Å². The van der Waals surface area contributed by atoms with Crippen LogP contribution in [0.5, 0.6) is 0 Å². The number of aromatic amines is 1. The number of carbonyl (C=O) groups excluding carboxylic acids is 2. The number of aliphatic carboxylic acids is 1. The van der Waals surface area contributed by atoms with E-state index in [1.807, 2.05) is 6.92 Å². The molecule has 0 atom stereocenters. The average Bonchev–Trinajstić information content (AvgIpc) is 2.74. The molecule has 6 heteroatoms. The smallest absolute Gasteiger partial charge is 0.303 e. The van der Waals surface area contributed by atoms with Crippen LogP contribution < -0.4 is 0 Å². The van der Waals surface area contributed by atoms with Crippen molar-refractivity contribution in [3.05, 3.63) is 22.5 Å². The molecule has 1 rings (SSSR count). The number of aryl methyl sites for hydroxylation is 1. The molecule has 0 unspecified atom stereocenters. The third-order valence-corrected chi connectivity index (χ3v) is 3.59. The fourth-order valence-electron chi connectivity index (χ4n) is 2.60. The highest BCUT2D eigenvalue weighted by atomic mass is 16.4. The quantitative estimate of drug-likeness (QED) is 0.722. The van der Waals surface area contributed by atoms with Crippen LogP contribution in [0.15, 0.2) is 0 Å². The largest absolute Gasteiger partial charge is 0.481 e. The number of amides is 1. The van der Waals surface area contributed by atoms with Crippen molar-refractivity contribution in [3.8, 4) is 0 Å². The Morgan fingerprint density at radius 3 is 2.41 bits per heavy atom. The molecule has 0 radical (unpaired) electrons. The van der Waals surface area contributed by atoms with Crippen molar-refractivity contribution in [2.24, 2.45) is 0 Å². The van der Waals surface area contributed by atoms with Crippen LogP contribution in [0, 0.1) is 6.92 Å². The van der Waals surface area contributed by atoms with Gasteiger partial charge in [-0.3, -0.25) is 14.4 Å². The molecule has 6 nitrogen and oxygen atoms in total. The molecule has 0 bridgehead atoms. The van der Waals surface area contributed by atoms with Crippen molar-refractivity contribution in [1.29, 1.82) is 0 Å². The van der Waals surface area contributed by atoms with Crippen molar-refractivity contribution in [2.45, 2.75) is 46.5 Å². The van der Waals surface area contributed by atoms with Gasteiger partial charge < -0.3 is 15.0 Å². The third-order valence-electron chi connectivity index (χ3n) is 3.59. The number of nitrogens with zero attached hydrogens (tertiary/aromatic N) is 1. The maximum Gasteiger partial charge on any atom is 0.303 e. The topological polar surface area (TPSA) is 90.5 Å². The van der Waals surface area contributed by atoms with Crippen LogP contribution in [0.2, 0.25) is 0 Å². The zero-order valence-corrected chi connectivity index (χ0v) is 13.7. The maximum atomic E-state index is 12.5. The molecule has 0 aliphatic heterocycles. The van der Waals surface area contributed by atoms with E-state index in [4.69, 9.17) is 5.11 Å². The van der Waals surface area contributed by atoms with Gasteiger partial charge in [-0.2, -0.15) is 0 Å². The van der Waals surface area contributed by atoms with E-state index in [-0.39, 0.29) is 18.1 Å². The number of H-pyrrole nitrogens is 1. The fourth-order valence-corrected chi connectivity index (χ4v) is 2.60. The first-order chi connectivity index (χ1) is 10.3. The Morgan fingerprint density at radius 2 is 1.91 bits per heavy atom. The lowest BCUT2D eigenvalue weighted by Gasteiger charge is -2.17. The van der Waals surface area contributed by atoms with Crippen molar-refractivity contribution in [3.63, 3.8) is 0 Å². The summed E-state index contributed by atoms with van der Waals surface area (Å²) in [5.41, 5.74) is 2.52. The Kier molecular flexibility index (Phi) is 6.34. The van der Waals surface area contributed by atoms with E-state index in [0.717, 1.165) is 12.0 Å². The number of ketones is 1. The first-order valence-corrected chi connectivity index (χ1v) is 7.49. The van der Waals surface area contributed by atoms with Crippen LogP contribution in [0.3, 0.4) is 0 Å². The highest BCUT2D eigenvalue weighted by Gasteiger charge is 2.24. The summed E-state index contributed by atoms with van der Waals surface area (Å²) in [4.78, 5) is 39.4. The maximum absolute atomic E-state index is 12.5. The van der Waals surface area contributed by atoms with Crippen LogP contribution in [0.1, 0.15) is 65.2 Å². The predicted molar refractivity (Wildman–Crippen MR) is 83.4 cm³/mol. The number of carboxylic acids is 1. The number of hydrogen-bond acceptors (Lipinski definition) is 3. The Labute approximate surface area is 130 Å². The van der Waals surface area contributed by atoms with E-state index >= 15 is 0 Å². The Balaban J connectivity index is 2.99. The summed E-state index contributed by atoms with van der Waals surface area (Å²) in [5.74, 6) is -1.13. The number of carbonyl (C=O) groups is 3. The minimum atomic E-state index is -0.873. The van der Waals surface area contributed by atoms with Gasteiger partial charge in [0.1, 0.15) is 5.69 Å². The lowest BCUT2D eigenvalue weighted by Crippen LogP contribution is -2.29. The Hall–Kier alpha value is -2.11. The summed E-state index contributed by atoms with van der Waals surface area (Å²) in [7, 11) is 1.64. The van der Waals surface area contributed by atoms with E-state index in [9.17, 15) is 14.4 Å². The van der Waals surface area contributed by atoms with Crippen LogP contribution in [0.4, 0.5) is 0 Å². The van der Waals surface area contributed by atoms with Gasteiger partial charge in [-0.15, -0.1) is 0 Å².